The molecule has 7 heteroatoms. The Hall–Kier alpha value is -2.83. The number of imidazole rings is 1. The number of carbonyl (C=O) groups excluding carboxylic acids is 1. The molecule has 0 aliphatic rings. The predicted octanol–water partition coefficient (Wildman–Crippen LogP) is 2.60. The number of aliphatic carboxylic acids is 1. The number of aromatic nitrogens is 2. The lowest BCUT2D eigenvalue weighted by molar-refractivity contribution is -0.139. The number of hydrogen-bond donors (Lipinski definition) is 3. The number of H-pyrrole nitrogens is 1. The number of hydrogen-bond acceptors (Lipinski definition) is 4. The zero-order valence-corrected chi connectivity index (χ0v) is 13.9. The van der Waals surface area contributed by atoms with Gasteiger partial charge in [-0.1, -0.05) is 30.3 Å². The van der Waals surface area contributed by atoms with E-state index in [2.05, 4.69) is 15.3 Å². The van der Waals surface area contributed by atoms with Crippen LogP contribution in [0.25, 0.3) is 11.3 Å². The summed E-state index contributed by atoms with van der Waals surface area (Å²) in [4.78, 5) is 30.5. The molecule has 0 radical (unpaired) electrons. The average Bonchev–Trinajstić information content (AvgIpc) is 2.94. The van der Waals surface area contributed by atoms with Crippen LogP contribution in [0.2, 0.25) is 0 Å². The summed E-state index contributed by atoms with van der Waals surface area (Å²) in [6.07, 6.45) is 0.961. The number of benzene rings is 1. The first-order valence-electron chi connectivity index (χ1n) is 7.56. The molecule has 1 heterocycles. The van der Waals surface area contributed by atoms with Crippen molar-refractivity contribution in [2.45, 2.75) is 38.8 Å². The maximum absolute atomic E-state index is 11.8. The van der Waals surface area contributed by atoms with Gasteiger partial charge in [0.05, 0.1) is 5.69 Å². The summed E-state index contributed by atoms with van der Waals surface area (Å²) in [5, 5.41) is 11.6. The molecule has 0 bridgehead atoms. The van der Waals surface area contributed by atoms with Crippen LogP contribution in [0.5, 0.6) is 0 Å². The van der Waals surface area contributed by atoms with Gasteiger partial charge >= 0.3 is 12.1 Å². The number of alkyl carbamates (subject to hydrolysis) is 1. The lowest BCUT2D eigenvalue weighted by Crippen LogP contribution is -2.44. The summed E-state index contributed by atoms with van der Waals surface area (Å²) < 4.78 is 5.09. The van der Waals surface area contributed by atoms with Gasteiger partial charge < -0.3 is 20.1 Å². The van der Waals surface area contributed by atoms with Crippen molar-refractivity contribution in [3.63, 3.8) is 0 Å². The van der Waals surface area contributed by atoms with Gasteiger partial charge in [0.1, 0.15) is 17.5 Å². The first kappa shape index (κ1) is 17.5. The summed E-state index contributed by atoms with van der Waals surface area (Å²) in [6, 6.07) is 8.39. The third-order valence-corrected chi connectivity index (χ3v) is 3.09. The van der Waals surface area contributed by atoms with Crippen molar-refractivity contribution in [3.05, 3.63) is 42.4 Å². The van der Waals surface area contributed by atoms with Crippen LogP contribution in [-0.4, -0.2) is 38.8 Å². The van der Waals surface area contributed by atoms with Crippen molar-refractivity contribution in [2.75, 3.05) is 0 Å². The molecule has 1 aromatic heterocycles. The number of ether oxygens (including phenoxy) is 1. The van der Waals surface area contributed by atoms with Crippen LogP contribution in [0, 0.1) is 0 Å². The molecular formula is C17H21N3O4. The van der Waals surface area contributed by atoms with Crippen molar-refractivity contribution in [1.29, 1.82) is 0 Å². The maximum atomic E-state index is 11.8. The molecule has 1 amide bonds. The van der Waals surface area contributed by atoms with Crippen molar-refractivity contribution >= 4 is 12.1 Å². The first-order valence-corrected chi connectivity index (χ1v) is 7.56. The SMILES string of the molecule is CC(C)(C)OC(=O)N[C@@H](Cc1nc(-c2ccccc2)c[nH]1)C(=O)O. The van der Waals surface area contributed by atoms with Crippen LogP contribution in [0.4, 0.5) is 4.79 Å². The fourth-order valence-electron chi connectivity index (χ4n) is 2.07. The molecule has 7 nitrogen and oxygen atoms in total. The zero-order valence-electron chi connectivity index (χ0n) is 13.9. The fourth-order valence-corrected chi connectivity index (χ4v) is 2.07. The Kier molecular flexibility index (Phi) is 5.23. The second-order valence-corrected chi connectivity index (χ2v) is 6.34. The number of rotatable bonds is 5. The van der Waals surface area contributed by atoms with Crippen LogP contribution in [-0.2, 0) is 16.0 Å². The Morgan fingerprint density at radius 2 is 1.96 bits per heavy atom. The van der Waals surface area contributed by atoms with E-state index in [1.807, 2.05) is 30.3 Å². The number of carbonyl (C=O) groups is 2. The van der Waals surface area contributed by atoms with Crippen LogP contribution in [0.1, 0.15) is 26.6 Å². The third-order valence-electron chi connectivity index (χ3n) is 3.09. The zero-order chi connectivity index (χ0) is 17.7. The Morgan fingerprint density at radius 3 is 2.54 bits per heavy atom. The van der Waals surface area contributed by atoms with Crippen molar-refractivity contribution in [3.8, 4) is 11.3 Å². The van der Waals surface area contributed by atoms with Gasteiger partial charge in [-0.25, -0.2) is 14.6 Å². The van der Waals surface area contributed by atoms with E-state index >= 15 is 0 Å². The minimum absolute atomic E-state index is 0.0292. The Labute approximate surface area is 140 Å². The molecule has 0 saturated carbocycles. The number of carboxylic acids is 1. The summed E-state index contributed by atoms with van der Waals surface area (Å²) in [7, 11) is 0. The standard InChI is InChI=1S/C17H21N3O4/c1-17(2,3)24-16(23)20-12(15(21)22)9-14-18-10-13(19-14)11-7-5-4-6-8-11/h4-8,10,12H,9H2,1-3H3,(H,18,19)(H,20,23)(H,21,22)/t12-/m0/s1. The van der Waals surface area contributed by atoms with E-state index in [4.69, 9.17) is 4.74 Å². The van der Waals surface area contributed by atoms with Gasteiger partial charge in [0.25, 0.3) is 0 Å². The second kappa shape index (κ2) is 7.16. The highest BCUT2D eigenvalue weighted by molar-refractivity contribution is 5.80. The van der Waals surface area contributed by atoms with E-state index in [1.165, 1.54) is 0 Å². The van der Waals surface area contributed by atoms with Crippen molar-refractivity contribution in [1.82, 2.24) is 15.3 Å². The topological polar surface area (TPSA) is 104 Å². The molecule has 3 N–H and O–H groups in total. The van der Waals surface area contributed by atoms with Gasteiger partial charge in [0, 0.05) is 18.2 Å². The second-order valence-electron chi connectivity index (χ2n) is 6.34. The molecule has 0 spiro atoms. The van der Waals surface area contributed by atoms with E-state index < -0.39 is 23.7 Å². The normalized spacial score (nSPS) is 12.5. The molecule has 128 valence electrons. The largest absolute Gasteiger partial charge is 0.480 e. The molecule has 1 aromatic carbocycles. The van der Waals surface area contributed by atoms with Crippen molar-refractivity contribution < 1.29 is 19.4 Å². The Balaban J connectivity index is 2.05. The van der Waals surface area contributed by atoms with Gasteiger partial charge in [-0.2, -0.15) is 0 Å². The Bertz CT molecular complexity index is 704. The van der Waals surface area contributed by atoms with Crippen molar-refractivity contribution in [2.24, 2.45) is 0 Å². The first-order chi connectivity index (χ1) is 11.2. The lowest BCUT2D eigenvalue weighted by Gasteiger charge is -2.21. The van der Waals surface area contributed by atoms with E-state index in [1.54, 1.807) is 27.0 Å². The predicted molar refractivity (Wildman–Crippen MR) is 88.5 cm³/mol. The summed E-state index contributed by atoms with van der Waals surface area (Å²) in [5.74, 6) is -0.684. The van der Waals surface area contributed by atoms with E-state index in [9.17, 15) is 14.7 Å². The summed E-state index contributed by atoms with van der Waals surface area (Å²) in [5.41, 5.74) is 0.942. The molecule has 0 aliphatic heterocycles. The molecule has 0 saturated heterocycles. The summed E-state index contributed by atoms with van der Waals surface area (Å²) >= 11 is 0. The van der Waals surface area contributed by atoms with Gasteiger partial charge in [-0.05, 0) is 20.8 Å². The highest BCUT2D eigenvalue weighted by Crippen LogP contribution is 2.16. The van der Waals surface area contributed by atoms with Crippen LogP contribution in [0.3, 0.4) is 0 Å². The average molecular weight is 331 g/mol. The van der Waals surface area contributed by atoms with Crippen LogP contribution in [0.15, 0.2) is 36.5 Å². The van der Waals surface area contributed by atoms with Crippen LogP contribution < -0.4 is 5.32 Å². The number of nitrogens with one attached hydrogen (secondary N) is 2. The highest BCUT2D eigenvalue weighted by Gasteiger charge is 2.25. The monoisotopic (exact) mass is 331 g/mol. The van der Waals surface area contributed by atoms with Gasteiger partial charge in [0.15, 0.2) is 0 Å². The fraction of sp³-hybridized carbons (Fsp3) is 0.353. The van der Waals surface area contributed by atoms with Gasteiger partial charge in [0.2, 0.25) is 0 Å². The minimum Gasteiger partial charge on any atom is -0.480 e. The maximum Gasteiger partial charge on any atom is 0.408 e. The quantitative estimate of drug-likeness (QED) is 0.781. The molecule has 0 aliphatic carbocycles. The van der Waals surface area contributed by atoms with Crippen LogP contribution >= 0.6 is 0 Å². The number of aromatic amines is 1. The molecule has 24 heavy (non-hydrogen) atoms. The number of amides is 1. The van der Waals surface area contributed by atoms with E-state index in [-0.39, 0.29) is 6.42 Å². The van der Waals surface area contributed by atoms with E-state index in [0.717, 1.165) is 5.56 Å². The molecular weight excluding hydrogens is 310 g/mol. The molecule has 0 unspecified atom stereocenters. The van der Waals surface area contributed by atoms with E-state index in [0.29, 0.717) is 11.5 Å². The Morgan fingerprint density at radius 1 is 1.29 bits per heavy atom. The number of nitrogens with zero attached hydrogens (tertiary/aromatic N) is 1. The van der Waals surface area contributed by atoms with Gasteiger partial charge in [-0.3, -0.25) is 0 Å². The minimum atomic E-state index is -1.15. The lowest BCUT2D eigenvalue weighted by atomic mass is 10.2. The molecule has 1 atom stereocenters. The number of carboxylic acid groups (broad SMARTS) is 1. The highest BCUT2D eigenvalue weighted by atomic mass is 16.6. The summed E-state index contributed by atoms with van der Waals surface area (Å²) in [6.45, 7) is 5.13. The molecule has 2 aromatic rings. The third kappa shape index (κ3) is 5.12. The molecule has 2 rings (SSSR count). The molecule has 0 fully saturated rings. The van der Waals surface area contributed by atoms with Gasteiger partial charge in [-0.15, -0.1) is 0 Å². The smallest absolute Gasteiger partial charge is 0.408 e.